The minimum Gasteiger partial charge on any atom is -0.480 e. The molecule has 0 bridgehead atoms. The number of carboxylic acid groups (broad SMARTS) is 1. The molecule has 5 heteroatoms. The summed E-state index contributed by atoms with van der Waals surface area (Å²) in [5.74, 6) is -0.0122. The molecule has 0 amide bonds. The van der Waals surface area contributed by atoms with Gasteiger partial charge in [-0.3, -0.25) is 4.79 Å². The summed E-state index contributed by atoms with van der Waals surface area (Å²) in [6, 6.07) is -0.844. The van der Waals surface area contributed by atoms with E-state index >= 15 is 0 Å². The van der Waals surface area contributed by atoms with Gasteiger partial charge in [-0.25, -0.2) is 0 Å². The van der Waals surface area contributed by atoms with Crippen LogP contribution in [0.15, 0.2) is 0 Å². The van der Waals surface area contributed by atoms with Crippen molar-refractivity contribution in [3.63, 3.8) is 0 Å². The third-order valence-corrected chi connectivity index (χ3v) is 3.64. The first-order valence-corrected chi connectivity index (χ1v) is 5.71. The van der Waals surface area contributed by atoms with Crippen LogP contribution in [0.25, 0.3) is 0 Å². The van der Waals surface area contributed by atoms with Crippen molar-refractivity contribution in [1.82, 2.24) is 0 Å². The Kier molecular flexibility index (Phi) is 5.48. The molecule has 14 heavy (non-hydrogen) atoms. The maximum Gasteiger partial charge on any atom is 0.321 e. The van der Waals surface area contributed by atoms with Gasteiger partial charge < -0.3 is 15.9 Å². The Morgan fingerprint density at radius 2 is 2.07 bits per heavy atom. The zero-order valence-electron chi connectivity index (χ0n) is 8.86. The minimum atomic E-state index is -0.998. The number of hydrogen-bond acceptors (Lipinski definition) is 4. The van der Waals surface area contributed by atoms with Gasteiger partial charge in [0.05, 0.1) is 5.60 Å². The maximum atomic E-state index is 10.4. The number of rotatable bonds is 6. The van der Waals surface area contributed by atoms with Crippen LogP contribution in [-0.4, -0.2) is 39.3 Å². The Bertz CT molecular complexity index is 194. The SMILES string of the molecule is CC(C)C(C)(O)CSCC(N)C(=O)O. The number of aliphatic hydroxyl groups is 1. The highest BCUT2D eigenvalue weighted by Crippen LogP contribution is 2.21. The predicted molar refractivity (Wildman–Crippen MR) is 58.4 cm³/mol. The van der Waals surface area contributed by atoms with Crippen LogP contribution in [0.2, 0.25) is 0 Å². The molecule has 2 atom stereocenters. The van der Waals surface area contributed by atoms with Crippen molar-refractivity contribution >= 4 is 17.7 Å². The monoisotopic (exact) mass is 221 g/mol. The first kappa shape index (κ1) is 13.7. The van der Waals surface area contributed by atoms with Gasteiger partial charge >= 0.3 is 5.97 Å². The van der Waals surface area contributed by atoms with E-state index in [4.69, 9.17) is 10.8 Å². The van der Waals surface area contributed by atoms with Gasteiger partial charge in [-0.2, -0.15) is 11.8 Å². The fourth-order valence-corrected chi connectivity index (χ4v) is 1.89. The van der Waals surface area contributed by atoms with Gasteiger partial charge in [-0.15, -0.1) is 0 Å². The molecule has 84 valence electrons. The van der Waals surface area contributed by atoms with E-state index in [0.29, 0.717) is 11.5 Å². The fourth-order valence-electron chi connectivity index (χ4n) is 0.630. The summed E-state index contributed by atoms with van der Waals surface area (Å²) in [7, 11) is 0. The van der Waals surface area contributed by atoms with Gasteiger partial charge in [-0.05, 0) is 12.8 Å². The highest BCUT2D eigenvalue weighted by Gasteiger charge is 2.25. The zero-order valence-corrected chi connectivity index (χ0v) is 9.67. The lowest BCUT2D eigenvalue weighted by atomic mass is 9.95. The Hall–Kier alpha value is -0.260. The van der Waals surface area contributed by atoms with Gasteiger partial charge in [-0.1, -0.05) is 13.8 Å². The van der Waals surface area contributed by atoms with Crippen molar-refractivity contribution in [2.45, 2.75) is 32.4 Å². The van der Waals surface area contributed by atoms with Gasteiger partial charge in [0.1, 0.15) is 6.04 Å². The molecule has 0 saturated carbocycles. The van der Waals surface area contributed by atoms with Gasteiger partial charge in [0.2, 0.25) is 0 Å². The first-order valence-electron chi connectivity index (χ1n) is 4.56. The second-order valence-electron chi connectivity index (χ2n) is 3.97. The van der Waals surface area contributed by atoms with Crippen molar-refractivity contribution in [2.24, 2.45) is 11.7 Å². The average Bonchev–Trinajstić information content (AvgIpc) is 2.03. The molecule has 0 rings (SSSR count). The van der Waals surface area contributed by atoms with Crippen molar-refractivity contribution < 1.29 is 15.0 Å². The highest BCUT2D eigenvalue weighted by molar-refractivity contribution is 7.99. The normalized spacial score (nSPS) is 17.9. The molecule has 4 N–H and O–H groups in total. The molecule has 0 aromatic rings. The lowest BCUT2D eigenvalue weighted by molar-refractivity contribution is -0.137. The number of aliphatic carboxylic acids is 1. The van der Waals surface area contributed by atoms with E-state index in [-0.39, 0.29) is 5.92 Å². The predicted octanol–water partition coefficient (Wildman–Crippen LogP) is 0.538. The van der Waals surface area contributed by atoms with Crippen LogP contribution in [0.1, 0.15) is 20.8 Å². The second kappa shape index (κ2) is 5.58. The Balaban J connectivity index is 3.79. The molecule has 0 heterocycles. The summed E-state index contributed by atoms with van der Waals surface area (Å²) in [6.07, 6.45) is 0. The third kappa shape index (κ3) is 4.83. The molecule has 0 aliphatic carbocycles. The van der Waals surface area contributed by atoms with Crippen LogP contribution in [0, 0.1) is 5.92 Å². The van der Waals surface area contributed by atoms with E-state index in [0.717, 1.165) is 0 Å². The maximum absolute atomic E-state index is 10.4. The molecule has 0 radical (unpaired) electrons. The Morgan fingerprint density at radius 1 is 1.57 bits per heavy atom. The van der Waals surface area contributed by atoms with E-state index in [1.54, 1.807) is 6.92 Å². The summed E-state index contributed by atoms with van der Waals surface area (Å²) in [5, 5.41) is 18.4. The van der Waals surface area contributed by atoms with E-state index in [1.165, 1.54) is 11.8 Å². The number of thioether (sulfide) groups is 1. The van der Waals surface area contributed by atoms with E-state index in [1.807, 2.05) is 13.8 Å². The van der Waals surface area contributed by atoms with Crippen molar-refractivity contribution in [1.29, 1.82) is 0 Å². The second-order valence-corrected chi connectivity index (χ2v) is 5.00. The molecule has 0 spiro atoms. The van der Waals surface area contributed by atoms with Crippen LogP contribution < -0.4 is 5.73 Å². The van der Waals surface area contributed by atoms with Gasteiger partial charge in [0.25, 0.3) is 0 Å². The van der Waals surface area contributed by atoms with Crippen molar-refractivity contribution in [3.05, 3.63) is 0 Å². The van der Waals surface area contributed by atoms with Crippen LogP contribution in [0.3, 0.4) is 0 Å². The number of hydrogen-bond donors (Lipinski definition) is 3. The van der Waals surface area contributed by atoms with Gasteiger partial charge in [0, 0.05) is 11.5 Å². The fraction of sp³-hybridized carbons (Fsp3) is 0.889. The van der Waals surface area contributed by atoms with Crippen molar-refractivity contribution in [2.75, 3.05) is 11.5 Å². The molecule has 2 unspecified atom stereocenters. The molecular formula is C9H19NO3S. The zero-order chi connectivity index (χ0) is 11.4. The van der Waals surface area contributed by atoms with Crippen LogP contribution in [0.5, 0.6) is 0 Å². The minimum absolute atomic E-state index is 0.149. The van der Waals surface area contributed by atoms with Crippen LogP contribution >= 0.6 is 11.8 Å². The van der Waals surface area contributed by atoms with E-state index < -0.39 is 17.6 Å². The largest absolute Gasteiger partial charge is 0.480 e. The topological polar surface area (TPSA) is 83.5 Å². The third-order valence-electron chi connectivity index (χ3n) is 2.25. The van der Waals surface area contributed by atoms with Crippen molar-refractivity contribution in [3.8, 4) is 0 Å². The summed E-state index contributed by atoms with van der Waals surface area (Å²) in [4.78, 5) is 10.4. The summed E-state index contributed by atoms with van der Waals surface area (Å²) in [5.41, 5.74) is 4.56. The first-order chi connectivity index (χ1) is 6.27. The van der Waals surface area contributed by atoms with Crippen LogP contribution in [-0.2, 0) is 4.79 Å². The number of carbonyl (C=O) groups is 1. The molecule has 0 aromatic carbocycles. The quantitative estimate of drug-likeness (QED) is 0.609. The van der Waals surface area contributed by atoms with Gasteiger partial charge in [0.15, 0.2) is 0 Å². The molecule has 0 aliphatic rings. The summed E-state index contributed by atoms with van der Waals surface area (Å²) in [6.45, 7) is 5.60. The van der Waals surface area contributed by atoms with E-state index in [9.17, 15) is 9.90 Å². The molecule has 0 saturated heterocycles. The average molecular weight is 221 g/mol. The highest BCUT2D eigenvalue weighted by atomic mass is 32.2. The number of carboxylic acids is 1. The number of nitrogens with two attached hydrogens (primary N) is 1. The summed E-state index contributed by atoms with van der Waals surface area (Å²) >= 11 is 1.37. The summed E-state index contributed by atoms with van der Waals surface area (Å²) < 4.78 is 0. The Labute approximate surface area is 88.9 Å². The Morgan fingerprint density at radius 3 is 2.43 bits per heavy atom. The molecule has 0 aromatic heterocycles. The lowest BCUT2D eigenvalue weighted by Gasteiger charge is -2.27. The van der Waals surface area contributed by atoms with E-state index in [2.05, 4.69) is 0 Å². The van der Waals surface area contributed by atoms with Crippen LogP contribution in [0.4, 0.5) is 0 Å². The molecule has 4 nitrogen and oxygen atoms in total. The smallest absolute Gasteiger partial charge is 0.321 e. The molecule has 0 aliphatic heterocycles. The molecule has 0 fully saturated rings. The molecular weight excluding hydrogens is 202 g/mol. The standard InChI is InChI=1S/C9H19NO3S/c1-6(2)9(3,13)5-14-4-7(10)8(11)12/h6-7,13H,4-5,10H2,1-3H3,(H,11,12). The lowest BCUT2D eigenvalue weighted by Crippen LogP contribution is -2.37.